The van der Waals surface area contributed by atoms with Gasteiger partial charge in [-0.3, -0.25) is 0 Å². The average Bonchev–Trinajstić information content (AvgIpc) is 2.60. The Balaban J connectivity index is 1.86. The molecule has 0 unspecified atom stereocenters. The number of methoxy groups -OCH3 is 1. The first-order valence-electron chi connectivity index (χ1n) is 8.35. The van der Waals surface area contributed by atoms with Crippen molar-refractivity contribution >= 4 is 17.7 Å². The minimum absolute atomic E-state index is 0.298. The second kappa shape index (κ2) is 8.89. The maximum Gasteiger partial charge on any atom is 0.339 e. The van der Waals surface area contributed by atoms with E-state index in [4.69, 9.17) is 9.47 Å². The molecule has 0 aliphatic carbocycles. The van der Waals surface area contributed by atoms with Crippen LogP contribution in [0.4, 0.5) is 10.5 Å². The summed E-state index contributed by atoms with van der Waals surface area (Å²) < 4.78 is 10.5. The lowest BCUT2D eigenvalue weighted by Crippen LogP contribution is -2.32. The normalized spacial score (nSPS) is 10.2. The van der Waals surface area contributed by atoms with Crippen LogP contribution >= 0.6 is 0 Å². The molecule has 0 bridgehead atoms. The Morgan fingerprint density at radius 3 is 2.35 bits per heavy atom. The summed E-state index contributed by atoms with van der Waals surface area (Å²) in [5.74, 6) is 0.336. The van der Waals surface area contributed by atoms with Gasteiger partial charge in [0, 0.05) is 0 Å². The van der Waals surface area contributed by atoms with Gasteiger partial charge in [-0.25, -0.2) is 9.59 Å². The number of amides is 2. The Labute approximate surface area is 153 Å². The summed E-state index contributed by atoms with van der Waals surface area (Å²) >= 11 is 0. The van der Waals surface area contributed by atoms with Gasteiger partial charge in [-0.2, -0.15) is 0 Å². The zero-order chi connectivity index (χ0) is 19.1. The maximum absolute atomic E-state index is 12.0. The van der Waals surface area contributed by atoms with E-state index in [1.165, 1.54) is 12.7 Å². The van der Waals surface area contributed by atoms with Crippen molar-refractivity contribution in [3.8, 4) is 5.75 Å². The molecule has 2 rings (SSSR count). The van der Waals surface area contributed by atoms with Crippen LogP contribution in [0.2, 0.25) is 0 Å². The minimum Gasteiger partial charge on any atom is -0.491 e. The summed E-state index contributed by atoms with van der Waals surface area (Å²) in [5.41, 5.74) is 4.02. The molecule has 0 radical (unpaired) electrons. The molecule has 138 valence electrons. The van der Waals surface area contributed by atoms with Crippen LogP contribution in [0.3, 0.4) is 0 Å². The molecule has 2 aromatic rings. The summed E-state index contributed by atoms with van der Waals surface area (Å²) in [5, 5.41) is 5.36. The van der Waals surface area contributed by atoms with Gasteiger partial charge in [0.25, 0.3) is 0 Å². The molecule has 0 aliphatic heterocycles. The van der Waals surface area contributed by atoms with Gasteiger partial charge in [0.1, 0.15) is 12.4 Å². The molecule has 2 aromatic carbocycles. The van der Waals surface area contributed by atoms with Crippen molar-refractivity contribution in [2.45, 2.75) is 20.8 Å². The lowest BCUT2D eigenvalue weighted by Gasteiger charge is -2.14. The highest BCUT2D eigenvalue weighted by Gasteiger charge is 2.13. The summed E-state index contributed by atoms with van der Waals surface area (Å²) in [6.45, 7) is 6.72. The zero-order valence-electron chi connectivity index (χ0n) is 15.5. The van der Waals surface area contributed by atoms with Crippen molar-refractivity contribution in [1.82, 2.24) is 5.32 Å². The number of aryl methyl sites for hydroxylation is 3. The number of para-hydroxylation sites is 1. The molecule has 6 nitrogen and oxygen atoms in total. The van der Waals surface area contributed by atoms with E-state index in [2.05, 4.69) is 22.8 Å². The van der Waals surface area contributed by atoms with Crippen molar-refractivity contribution < 1.29 is 19.1 Å². The third kappa shape index (κ3) is 4.99. The van der Waals surface area contributed by atoms with Crippen molar-refractivity contribution in [3.05, 3.63) is 58.7 Å². The molecular weight excluding hydrogens is 332 g/mol. The number of carbonyl (C=O) groups is 2. The Morgan fingerprint density at radius 1 is 1.04 bits per heavy atom. The number of ether oxygens (including phenoxy) is 2. The minimum atomic E-state index is -0.505. The van der Waals surface area contributed by atoms with Crippen LogP contribution in [0.25, 0.3) is 0 Å². The van der Waals surface area contributed by atoms with Gasteiger partial charge >= 0.3 is 12.0 Å². The van der Waals surface area contributed by atoms with Crippen LogP contribution in [-0.4, -0.2) is 32.3 Å². The van der Waals surface area contributed by atoms with E-state index in [9.17, 15) is 9.59 Å². The van der Waals surface area contributed by atoms with Crippen LogP contribution in [0, 0.1) is 20.8 Å². The second-order valence-corrected chi connectivity index (χ2v) is 5.99. The van der Waals surface area contributed by atoms with Crippen molar-refractivity contribution in [2.24, 2.45) is 0 Å². The van der Waals surface area contributed by atoms with Gasteiger partial charge in [0.2, 0.25) is 0 Å². The fourth-order valence-corrected chi connectivity index (χ4v) is 2.76. The van der Waals surface area contributed by atoms with Crippen LogP contribution in [-0.2, 0) is 4.74 Å². The lowest BCUT2D eigenvalue weighted by atomic mass is 10.1. The molecule has 0 heterocycles. The van der Waals surface area contributed by atoms with Crippen molar-refractivity contribution in [1.29, 1.82) is 0 Å². The molecule has 2 amide bonds. The van der Waals surface area contributed by atoms with Crippen LogP contribution in [0.1, 0.15) is 27.0 Å². The lowest BCUT2D eigenvalue weighted by molar-refractivity contribution is 0.0602. The van der Waals surface area contributed by atoms with Gasteiger partial charge in [-0.1, -0.05) is 29.8 Å². The van der Waals surface area contributed by atoms with Crippen LogP contribution in [0.15, 0.2) is 36.4 Å². The van der Waals surface area contributed by atoms with E-state index < -0.39 is 12.0 Å². The fourth-order valence-electron chi connectivity index (χ4n) is 2.76. The van der Waals surface area contributed by atoms with E-state index in [0.29, 0.717) is 24.4 Å². The molecule has 0 aromatic heterocycles. The number of hydrogen-bond acceptors (Lipinski definition) is 4. The highest BCUT2D eigenvalue weighted by Crippen LogP contribution is 2.24. The number of anilines is 1. The molecule has 0 atom stereocenters. The SMILES string of the molecule is COC(=O)c1ccccc1NC(=O)NCCOc1c(C)cc(C)cc1C. The Hall–Kier alpha value is -3.02. The predicted octanol–water partition coefficient (Wildman–Crippen LogP) is 3.60. The molecule has 0 spiro atoms. The zero-order valence-corrected chi connectivity index (χ0v) is 15.5. The number of esters is 1. The molecule has 26 heavy (non-hydrogen) atoms. The van der Waals surface area contributed by atoms with E-state index in [1.807, 2.05) is 20.8 Å². The highest BCUT2D eigenvalue weighted by atomic mass is 16.5. The maximum atomic E-state index is 12.0. The van der Waals surface area contributed by atoms with E-state index in [1.54, 1.807) is 24.3 Å². The predicted molar refractivity (Wildman–Crippen MR) is 101 cm³/mol. The number of urea groups is 1. The Kier molecular flexibility index (Phi) is 6.60. The Bertz CT molecular complexity index is 779. The first-order chi connectivity index (χ1) is 12.4. The second-order valence-electron chi connectivity index (χ2n) is 5.99. The first kappa shape index (κ1) is 19.3. The topological polar surface area (TPSA) is 76.7 Å². The van der Waals surface area contributed by atoms with Gasteiger partial charge in [0.05, 0.1) is 24.9 Å². The largest absolute Gasteiger partial charge is 0.491 e. The number of nitrogens with one attached hydrogen (secondary N) is 2. The molecular formula is C20H24N2O4. The Morgan fingerprint density at radius 2 is 1.69 bits per heavy atom. The number of rotatable bonds is 6. The van der Waals surface area contributed by atoms with Crippen molar-refractivity contribution in [3.63, 3.8) is 0 Å². The van der Waals surface area contributed by atoms with E-state index in [-0.39, 0.29) is 0 Å². The van der Waals surface area contributed by atoms with E-state index in [0.717, 1.165) is 16.9 Å². The van der Waals surface area contributed by atoms with Gasteiger partial charge < -0.3 is 20.1 Å². The summed E-state index contributed by atoms with van der Waals surface area (Å²) in [6.07, 6.45) is 0. The van der Waals surface area contributed by atoms with Crippen LogP contribution in [0.5, 0.6) is 5.75 Å². The average molecular weight is 356 g/mol. The van der Waals surface area contributed by atoms with Gasteiger partial charge in [-0.15, -0.1) is 0 Å². The molecule has 0 saturated heterocycles. The molecule has 0 saturated carbocycles. The first-order valence-corrected chi connectivity index (χ1v) is 8.35. The number of hydrogen-bond donors (Lipinski definition) is 2. The summed E-state index contributed by atoms with van der Waals surface area (Å²) in [4.78, 5) is 23.7. The fraction of sp³-hybridized carbons (Fsp3) is 0.300. The molecule has 2 N–H and O–H groups in total. The van der Waals surface area contributed by atoms with Gasteiger partial charge in [0.15, 0.2) is 0 Å². The van der Waals surface area contributed by atoms with Crippen molar-refractivity contribution in [2.75, 3.05) is 25.6 Å². The standard InChI is InChI=1S/C20H24N2O4/c1-13-11-14(2)18(15(3)12-13)26-10-9-21-20(24)22-17-8-6-5-7-16(17)19(23)25-4/h5-8,11-12H,9-10H2,1-4H3,(H2,21,22,24). The quantitative estimate of drug-likeness (QED) is 0.612. The van der Waals surface area contributed by atoms with Gasteiger partial charge in [-0.05, 0) is 44.0 Å². The molecule has 0 aliphatic rings. The number of carbonyl (C=O) groups excluding carboxylic acids is 2. The van der Waals surface area contributed by atoms with Crippen LogP contribution < -0.4 is 15.4 Å². The van der Waals surface area contributed by atoms with E-state index >= 15 is 0 Å². The summed E-state index contributed by atoms with van der Waals surface area (Å²) in [7, 11) is 1.30. The molecule has 6 heteroatoms. The third-order valence-corrected chi connectivity index (χ3v) is 3.82. The monoisotopic (exact) mass is 356 g/mol. The molecule has 0 fully saturated rings. The smallest absolute Gasteiger partial charge is 0.339 e. The summed E-state index contributed by atoms with van der Waals surface area (Å²) in [6, 6.07) is 10.4. The highest BCUT2D eigenvalue weighted by molar-refractivity contribution is 6.00. The number of benzene rings is 2. The third-order valence-electron chi connectivity index (χ3n) is 3.82.